The molecule has 30 heavy (non-hydrogen) atoms. The van der Waals surface area contributed by atoms with Crippen molar-refractivity contribution < 1.29 is 14.4 Å². The van der Waals surface area contributed by atoms with E-state index in [2.05, 4.69) is 25.4 Å². The molecule has 9 heteroatoms. The standard InChI is InChI=1S/C21H18N6O3/c22-21(30)20(29)12(9-13-11-24-15-6-2-1-5-14(13)15)10-17(28)19-18(25-27-26-19)16-7-3-4-8-23-16/h1-8,11-12,24H,9-10H2,(H2,22,30)(H,25,26,27). The van der Waals surface area contributed by atoms with E-state index >= 15 is 0 Å². The van der Waals surface area contributed by atoms with Gasteiger partial charge in [-0.1, -0.05) is 24.3 Å². The van der Waals surface area contributed by atoms with Gasteiger partial charge in [-0.25, -0.2) is 0 Å². The Morgan fingerprint density at radius 1 is 1.03 bits per heavy atom. The highest BCUT2D eigenvalue weighted by molar-refractivity contribution is 6.36. The Balaban J connectivity index is 1.62. The molecule has 1 aromatic carbocycles. The first-order chi connectivity index (χ1) is 14.5. The van der Waals surface area contributed by atoms with Crippen molar-refractivity contribution in [2.24, 2.45) is 11.7 Å². The molecule has 0 saturated carbocycles. The van der Waals surface area contributed by atoms with Crippen molar-refractivity contribution in [3.8, 4) is 11.4 Å². The smallest absolute Gasteiger partial charge is 0.285 e. The molecule has 150 valence electrons. The molecule has 0 saturated heterocycles. The van der Waals surface area contributed by atoms with Gasteiger partial charge in [-0.2, -0.15) is 15.4 Å². The van der Waals surface area contributed by atoms with E-state index in [0.29, 0.717) is 5.69 Å². The molecule has 1 atom stereocenters. The van der Waals surface area contributed by atoms with Crippen LogP contribution in [0.25, 0.3) is 22.3 Å². The number of aromatic amines is 2. The third-order valence-corrected chi connectivity index (χ3v) is 4.91. The Kier molecular flexibility index (Phi) is 5.17. The number of H-pyrrole nitrogens is 2. The van der Waals surface area contributed by atoms with Crippen LogP contribution in [0.1, 0.15) is 22.5 Å². The fourth-order valence-electron chi connectivity index (χ4n) is 3.45. The number of nitrogens with one attached hydrogen (secondary N) is 2. The Labute approximate surface area is 170 Å². The van der Waals surface area contributed by atoms with Crippen molar-refractivity contribution in [3.05, 3.63) is 66.1 Å². The van der Waals surface area contributed by atoms with Gasteiger partial charge < -0.3 is 10.7 Å². The average molecular weight is 402 g/mol. The van der Waals surface area contributed by atoms with E-state index in [-0.39, 0.29) is 24.2 Å². The van der Waals surface area contributed by atoms with Crippen LogP contribution in [-0.2, 0) is 16.0 Å². The summed E-state index contributed by atoms with van der Waals surface area (Å²) < 4.78 is 0. The van der Waals surface area contributed by atoms with Crippen LogP contribution in [0, 0.1) is 5.92 Å². The number of ketones is 2. The predicted octanol–water partition coefficient (Wildman–Crippen LogP) is 1.83. The number of fused-ring (bicyclic) bond motifs is 1. The van der Waals surface area contributed by atoms with E-state index in [1.54, 1.807) is 30.6 Å². The lowest BCUT2D eigenvalue weighted by atomic mass is 9.89. The first-order valence-corrected chi connectivity index (χ1v) is 9.28. The third kappa shape index (κ3) is 3.72. The van der Waals surface area contributed by atoms with E-state index in [0.717, 1.165) is 16.5 Å². The quantitative estimate of drug-likeness (QED) is 0.302. The summed E-state index contributed by atoms with van der Waals surface area (Å²) >= 11 is 0. The minimum atomic E-state index is -1.07. The number of Topliss-reactive ketones (excluding diaryl/α,β-unsaturated/α-hetero) is 2. The summed E-state index contributed by atoms with van der Waals surface area (Å²) in [5, 5.41) is 11.3. The van der Waals surface area contributed by atoms with Crippen LogP contribution in [0.15, 0.2) is 54.9 Å². The number of rotatable bonds is 8. The van der Waals surface area contributed by atoms with Gasteiger partial charge in [0.25, 0.3) is 5.91 Å². The molecule has 1 unspecified atom stereocenters. The summed E-state index contributed by atoms with van der Waals surface area (Å²) in [6.45, 7) is 0. The van der Waals surface area contributed by atoms with Gasteiger partial charge >= 0.3 is 0 Å². The number of carbonyl (C=O) groups excluding carboxylic acids is 3. The number of nitrogens with zero attached hydrogens (tertiary/aromatic N) is 3. The average Bonchev–Trinajstić information content (AvgIpc) is 3.41. The molecule has 4 aromatic rings. The minimum Gasteiger partial charge on any atom is -0.363 e. The first kappa shape index (κ1) is 19.2. The van der Waals surface area contributed by atoms with Gasteiger partial charge in [0.1, 0.15) is 5.69 Å². The maximum atomic E-state index is 13.0. The number of para-hydroxylation sites is 1. The predicted molar refractivity (Wildman–Crippen MR) is 108 cm³/mol. The Bertz CT molecular complexity index is 1230. The molecule has 3 heterocycles. The van der Waals surface area contributed by atoms with E-state index in [1.807, 2.05) is 24.3 Å². The van der Waals surface area contributed by atoms with Crippen LogP contribution in [0.2, 0.25) is 0 Å². The van der Waals surface area contributed by atoms with Crippen molar-refractivity contribution >= 4 is 28.4 Å². The molecule has 0 radical (unpaired) electrons. The van der Waals surface area contributed by atoms with E-state index in [1.165, 1.54) is 0 Å². The minimum absolute atomic E-state index is 0.0647. The Morgan fingerprint density at radius 2 is 1.83 bits per heavy atom. The van der Waals surface area contributed by atoms with Gasteiger partial charge in [-0.3, -0.25) is 19.4 Å². The van der Waals surface area contributed by atoms with Crippen LogP contribution in [0.4, 0.5) is 0 Å². The molecule has 0 fully saturated rings. The summed E-state index contributed by atoms with van der Waals surface area (Å²) in [7, 11) is 0. The van der Waals surface area contributed by atoms with Gasteiger partial charge in [0.05, 0.1) is 5.69 Å². The van der Waals surface area contributed by atoms with Crippen molar-refractivity contribution in [1.29, 1.82) is 0 Å². The van der Waals surface area contributed by atoms with Crippen molar-refractivity contribution in [2.75, 3.05) is 0 Å². The molecule has 1 amide bonds. The lowest BCUT2D eigenvalue weighted by Gasteiger charge is -2.12. The number of carbonyl (C=O) groups is 3. The first-order valence-electron chi connectivity index (χ1n) is 9.28. The second-order valence-corrected chi connectivity index (χ2v) is 6.85. The van der Waals surface area contributed by atoms with Crippen LogP contribution in [-0.4, -0.2) is 42.9 Å². The molecular weight excluding hydrogens is 384 g/mol. The summed E-state index contributed by atoms with van der Waals surface area (Å²) in [6, 6.07) is 12.8. The van der Waals surface area contributed by atoms with E-state index in [9.17, 15) is 14.4 Å². The van der Waals surface area contributed by atoms with Gasteiger partial charge in [0, 0.05) is 35.6 Å². The molecular formula is C21H18N6O3. The van der Waals surface area contributed by atoms with Crippen LogP contribution >= 0.6 is 0 Å². The molecule has 0 aliphatic heterocycles. The van der Waals surface area contributed by atoms with Crippen molar-refractivity contribution in [3.63, 3.8) is 0 Å². The van der Waals surface area contributed by atoms with E-state index in [4.69, 9.17) is 5.73 Å². The highest BCUT2D eigenvalue weighted by atomic mass is 16.2. The van der Waals surface area contributed by atoms with Crippen LogP contribution in [0.5, 0.6) is 0 Å². The number of nitrogens with two attached hydrogens (primary N) is 1. The largest absolute Gasteiger partial charge is 0.363 e. The van der Waals surface area contributed by atoms with Gasteiger partial charge in [0.2, 0.25) is 5.78 Å². The normalized spacial score (nSPS) is 12.0. The molecule has 4 rings (SSSR count). The molecule has 0 bridgehead atoms. The monoisotopic (exact) mass is 402 g/mol. The molecule has 0 aliphatic carbocycles. The number of hydrogen-bond donors (Lipinski definition) is 3. The molecule has 4 N–H and O–H groups in total. The topological polar surface area (TPSA) is 147 Å². The zero-order chi connectivity index (χ0) is 21.1. The molecule has 3 aromatic heterocycles. The maximum Gasteiger partial charge on any atom is 0.285 e. The highest BCUT2D eigenvalue weighted by Gasteiger charge is 2.30. The number of aromatic nitrogens is 5. The summed E-state index contributed by atoms with van der Waals surface area (Å²) in [6.07, 6.45) is 3.31. The molecule has 0 aliphatic rings. The Morgan fingerprint density at radius 3 is 2.60 bits per heavy atom. The van der Waals surface area contributed by atoms with E-state index < -0.39 is 23.4 Å². The third-order valence-electron chi connectivity index (χ3n) is 4.91. The summed E-state index contributed by atoms with van der Waals surface area (Å²) in [5.74, 6) is -3.21. The SMILES string of the molecule is NC(=O)C(=O)C(CC(=O)c1n[nH]nc1-c1ccccn1)Cc1c[nH]c2ccccc12. The molecule has 9 nitrogen and oxygen atoms in total. The number of pyridine rings is 1. The van der Waals surface area contributed by atoms with Gasteiger partial charge in [-0.15, -0.1) is 0 Å². The maximum absolute atomic E-state index is 13.0. The number of hydrogen-bond acceptors (Lipinski definition) is 6. The Hall–Kier alpha value is -4.14. The fraction of sp³-hybridized carbons (Fsp3) is 0.143. The van der Waals surface area contributed by atoms with Crippen LogP contribution < -0.4 is 5.73 Å². The second kappa shape index (κ2) is 8.08. The van der Waals surface area contributed by atoms with Crippen molar-refractivity contribution in [1.82, 2.24) is 25.4 Å². The fourth-order valence-corrected chi connectivity index (χ4v) is 3.45. The summed E-state index contributed by atoms with van der Waals surface area (Å²) in [5.41, 5.74) is 7.80. The number of primary amides is 1. The lowest BCUT2D eigenvalue weighted by Crippen LogP contribution is -2.32. The van der Waals surface area contributed by atoms with Gasteiger partial charge in [-0.05, 0) is 30.2 Å². The highest BCUT2D eigenvalue weighted by Crippen LogP contribution is 2.25. The zero-order valence-electron chi connectivity index (χ0n) is 15.8. The van der Waals surface area contributed by atoms with Crippen LogP contribution in [0.3, 0.4) is 0 Å². The number of benzene rings is 1. The van der Waals surface area contributed by atoms with Crippen molar-refractivity contribution in [2.45, 2.75) is 12.8 Å². The zero-order valence-corrected chi connectivity index (χ0v) is 15.8. The van der Waals surface area contributed by atoms with Gasteiger partial charge in [0.15, 0.2) is 11.5 Å². The second-order valence-electron chi connectivity index (χ2n) is 6.85. The molecule has 0 spiro atoms. The lowest BCUT2D eigenvalue weighted by molar-refractivity contribution is -0.138. The summed E-state index contributed by atoms with van der Waals surface area (Å²) in [4.78, 5) is 44.3. The number of amides is 1.